The molecule has 0 aliphatic rings. The van der Waals surface area contributed by atoms with Crippen molar-refractivity contribution in [1.29, 1.82) is 0 Å². The molecule has 0 aliphatic heterocycles. The van der Waals surface area contributed by atoms with Gasteiger partial charge in [0.1, 0.15) is 0 Å². The van der Waals surface area contributed by atoms with Crippen molar-refractivity contribution in [3.63, 3.8) is 0 Å². The van der Waals surface area contributed by atoms with Gasteiger partial charge < -0.3 is 18.1 Å². The molecule has 0 N–H and O–H groups in total. The second-order valence-electron chi connectivity index (χ2n) is 5.67. The normalized spacial score (nSPS) is 12.0. The summed E-state index contributed by atoms with van der Waals surface area (Å²) in [5.41, 5.74) is 0. The molecule has 0 amide bonds. The first-order chi connectivity index (χ1) is 14.1. The van der Waals surface area contributed by atoms with Crippen LogP contribution >= 0.6 is 69.7 Å². The van der Waals surface area contributed by atoms with Crippen molar-refractivity contribution in [2.45, 2.75) is 41.5 Å². The van der Waals surface area contributed by atoms with Gasteiger partial charge in [0.25, 0.3) is 0 Å². The van der Waals surface area contributed by atoms with E-state index in [1.165, 1.54) is 11.3 Å². The first-order valence-corrected chi connectivity index (χ1v) is 15.7. The minimum absolute atomic E-state index is 0.358. The van der Waals surface area contributed by atoms with Crippen LogP contribution in [0.4, 0.5) is 0 Å². The van der Waals surface area contributed by atoms with Gasteiger partial charge in [-0.2, -0.15) is 0 Å². The highest BCUT2D eigenvalue weighted by Crippen LogP contribution is 2.51. The molecule has 0 saturated carbocycles. The summed E-state index contributed by atoms with van der Waals surface area (Å²) in [6.45, 7) is 12.7. The van der Waals surface area contributed by atoms with Gasteiger partial charge in [-0.3, -0.25) is 9.13 Å². The SMILES string of the molecule is CCOP(=O)(OCC)c1cc(Br)sc1Br.CCOP(=O)(OCC)c1cc(C)sc1C. The Morgan fingerprint density at radius 2 is 1.20 bits per heavy atom. The lowest BCUT2D eigenvalue weighted by Crippen LogP contribution is -2.10. The predicted molar refractivity (Wildman–Crippen MR) is 134 cm³/mol. The second kappa shape index (κ2) is 13.4. The van der Waals surface area contributed by atoms with Crippen LogP contribution in [0, 0.1) is 13.8 Å². The molecule has 30 heavy (non-hydrogen) atoms. The molecule has 2 heterocycles. The fourth-order valence-corrected chi connectivity index (χ4v) is 11.0. The maximum Gasteiger partial charge on any atom is 0.363 e. The van der Waals surface area contributed by atoms with Crippen molar-refractivity contribution < 1.29 is 27.2 Å². The minimum Gasteiger partial charge on any atom is -0.305 e. The van der Waals surface area contributed by atoms with E-state index in [4.69, 9.17) is 18.1 Å². The Labute approximate surface area is 204 Å². The maximum atomic E-state index is 12.4. The number of rotatable bonds is 10. The summed E-state index contributed by atoms with van der Waals surface area (Å²) in [7, 11) is -6.23. The molecule has 2 rings (SSSR count). The van der Waals surface area contributed by atoms with Crippen molar-refractivity contribution in [3.8, 4) is 0 Å². The lowest BCUT2D eigenvalue weighted by Gasteiger charge is -2.16. The van der Waals surface area contributed by atoms with Crippen LogP contribution in [-0.4, -0.2) is 26.4 Å². The quantitative estimate of drug-likeness (QED) is 0.256. The molecule has 0 aromatic carbocycles. The third-order valence-electron chi connectivity index (χ3n) is 3.44. The van der Waals surface area contributed by atoms with E-state index in [0.717, 1.165) is 17.3 Å². The highest BCUT2D eigenvalue weighted by molar-refractivity contribution is 9.12. The Morgan fingerprint density at radius 3 is 1.50 bits per heavy atom. The second-order valence-corrected chi connectivity index (χ2v) is 14.9. The lowest BCUT2D eigenvalue weighted by atomic mass is 10.4. The molecular formula is C18H28Br2O6P2S2. The molecule has 0 aliphatic carbocycles. The van der Waals surface area contributed by atoms with E-state index < -0.39 is 15.2 Å². The van der Waals surface area contributed by atoms with Crippen molar-refractivity contribution in [1.82, 2.24) is 0 Å². The highest BCUT2D eigenvalue weighted by Gasteiger charge is 2.31. The fraction of sp³-hybridized carbons (Fsp3) is 0.556. The van der Waals surface area contributed by atoms with Gasteiger partial charge in [-0.1, -0.05) is 0 Å². The topological polar surface area (TPSA) is 71.1 Å². The molecule has 6 nitrogen and oxygen atoms in total. The standard InChI is InChI=1S/C10H17O3PS.C8H11Br2O3PS/c1-5-12-14(11,13-6-2)10-7-8(3)15-9(10)4;1-3-12-14(11,13-4-2)6-5-7(9)15-8(6)10/h7H,5-6H2,1-4H3;5H,3-4H2,1-2H3. The summed E-state index contributed by atoms with van der Waals surface area (Å²) >= 11 is 9.75. The van der Waals surface area contributed by atoms with Gasteiger partial charge in [-0.05, 0) is 85.5 Å². The Morgan fingerprint density at radius 1 is 0.767 bits per heavy atom. The number of aryl methyl sites for hydroxylation is 2. The van der Waals surface area contributed by atoms with Gasteiger partial charge in [0.2, 0.25) is 0 Å². The third kappa shape index (κ3) is 7.91. The third-order valence-corrected chi connectivity index (χ3v) is 11.7. The van der Waals surface area contributed by atoms with Crippen molar-refractivity contribution >= 4 is 80.3 Å². The van der Waals surface area contributed by atoms with E-state index in [9.17, 15) is 9.13 Å². The van der Waals surface area contributed by atoms with Crippen LogP contribution in [0.3, 0.4) is 0 Å². The van der Waals surface area contributed by atoms with E-state index in [-0.39, 0.29) is 0 Å². The van der Waals surface area contributed by atoms with Gasteiger partial charge in [-0.25, -0.2) is 0 Å². The number of thiophene rings is 2. The Hall–Kier alpha value is 0.660. The van der Waals surface area contributed by atoms with E-state index in [1.54, 1.807) is 31.3 Å². The number of halogens is 2. The first kappa shape index (κ1) is 28.7. The zero-order valence-electron chi connectivity index (χ0n) is 17.9. The molecule has 0 atom stereocenters. The number of hydrogen-bond donors (Lipinski definition) is 0. The Bertz CT molecular complexity index is 807. The summed E-state index contributed by atoms with van der Waals surface area (Å²) in [5, 5.41) is 1.30. The van der Waals surface area contributed by atoms with Gasteiger partial charge in [0.05, 0.1) is 44.6 Å². The molecule has 0 radical (unpaired) electrons. The van der Waals surface area contributed by atoms with E-state index in [2.05, 4.69) is 31.9 Å². The molecule has 0 spiro atoms. The molecule has 0 unspecified atom stereocenters. The van der Waals surface area contributed by atoms with Crippen LogP contribution < -0.4 is 10.6 Å². The van der Waals surface area contributed by atoms with E-state index in [1.807, 2.05) is 33.8 Å². The van der Waals surface area contributed by atoms with E-state index >= 15 is 0 Å². The van der Waals surface area contributed by atoms with Crippen LogP contribution in [-0.2, 0) is 27.2 Å². The van der Waals surface area contributed by atoms with Gasteiger partial charge >= 0.3 is 15.2 Å². The summed E-state index contributed by atoms with van der Waals surface area (Å²) in [4.78, 5) is 2.14. The average Bonchev–Trinajstić information content (AvgIpc) is 3.17. The highest BCUT2D eigenvalue weighted by atomic mass is 79.9. The molecule has 2 aromatic rings. The molecule has 2 aromatic heterocycles. The summed E-state index contributed by atoms with van der Waals surface area (Å²) in [6.07, 6.45) is 0. The average molecular weight is 626 g/mol. The van der Waals surface area contributed by atoms with Crippen LogP contribution in [0.2, 0.25) is 0 Å². The molecule has 12 heteroatoms. The lowest BCUT2D eigenvalue weighted by molar-refractivity contribution is 0.229. The van der Waals surface area contributed by atoms with E-state index in [0.29, 0.717) is 37.0 Å². The smallest absolute Gasteiger partial charge is 0.305 e. The molecule has 0 saturated heterocycles. The summed E-state index contributed by atoms with van der Waals surface area (Å²) in [6, 6.07) is 3.66. The van der Waals surface area contributed by atoms with Crippen LogP contribution in [0.1, 0.15) is 37.4 Å². The Kier molecular flexibility index (Phi) is 12.8. The van der Waals surface area contributed by atoms with Crippen LogP contribution in [0.25, 0.3) is 0 Å². The van der Waals surface area contributed by atoms with Crippen LogP contribution in [0.15, 0.2) is 19.7 Å². The van der Waals surface area contributed by atoms with Gasteiger partial charge in [0.15, 0.2) is 0 Å². The summed E-state index contributed by atoms with van der Waals surface area (Å²) in [5.74, 6) is 0. The molecular weight excluding hydrogens is 598 g/mol. The predicted octanol–water partition coefficient (Wildman–Crippen LogP) is 7.42. The minimum atomic E-state index is -3.15. The van der Waals surface area contributed by atoms with Gasteiger partial charge in [-0.15, -0.1) is 22.7 Å². The van der Waals surface area contributed by atoms with Crippen molar-refractivity contribution in [2.75, 3.05) is 26.4 Å². The van der Waals surface area contributed by atoms with Crippen LogP contribution in [0.5, 0.6) is 0 Å². The largest absolute Gasteiger partial charge is 0.363 e. The van der Waals surface area contributed by atoms with Crippen molar-refractivity contribution in [2.24, 2.45) is 0 Å². The van der Waals surface area contributed by atoms with Gasteiger partial charge in [0, 0.05) is 9.75 Å². The zero-order valence-corrected chi connectivity index (χ0v) is 24.5. The Balaban J connectivity index is 0.000000300. The maximum absolute atomic E-state index is 12.4. The fourth-order valence-electron chi connectivity index (χ4n) is 2.44. The zero-order chi connectivity index (χ0) is 22.9. The number of hydrogen-bond acceptors (Lipinski definition) is 8. The summed E-state index contributed by atoms with van der Waals surface area (Å²) < 4.78 is 47.5. The molecule has 0 bridgehead atoms. The molecule has 0 fully saturated rings. The van der Waals surface area contributed by atoms with Crippen molar-refractivity contribution in [3.05, 3.63) is 29.5 Å². The molecule has 172 valence electrons. The monoisotopic (exact) mass is 624 g/mol. The first-order valence-electron chi connectivity index (χ1n) is 9.37.